The first-order valence-corrected chi connectivity index (χ1v) is 9.83. The third-order valence-electron chi connectivity index (χ3n) is 5.27. The van der Waals surface area contributed by atoms with Crippen LogP contribution in [0.1, 0.15) is 51.9 Å². The van der Waals surface area contributed by atoms with E-state index >= 15 is 0 Å². The summed E-state index contributed by atoms with van der Waals surface area (Å²) in [5.41, 5.74) is -0.0841. The molecule has 0 spiro atoms. The average Bonchev–Trinajstić information content (AvgIpc) is 2.85. The Labute approximate surface area is 158 Å². The number of benzene rings is 1. The molecule has 5 nitrogen and oxygen atoms in total. The van der Waals surface area contributed by atoms with Gasteiger partial charge in [0.05, 0.1) is 16.9 Å². The first-order valence-electron chi connectivity index (χ1n) is 9.83. The van der Waals surface area contributed by atoms with E-state index < -0.39 is 11.6 Å². The van der Waals surface area contributed by atoms with E-state index in [1.54, 1.807) is 4.57 Å². The van der Waals surface area contributed by atoms with Crippen LogP contribution < -0.4 is 10.9 Å². The summed E-state index contributed by atoms with van der Waals surface area (Å²) in [5, 5.41) is 3.61. The molecule has 1 fully saturated rings. The van der Waals surface area contributed by atoms with Gasteiger partial charge in [-0.2, -0.15) is 0 Å². The molecule has 0 unspecified atom stereocenters. The molecule has 1 aromatic heterocycles. The highest BCUT2D eigenvalue weighted by Gasteiger charge is 2.27. The largest absolute Gasteiger partial charge is 0.313 e. The third-order valence-corrected chi connectivity index (χ3v) is 5.27. The summed E-state index contributed by atoms with van der Waals surface area (Å²) in [7, 11) is 0. The number of nitrogens with zero attached hydrogens (tertiary/aromatic N) is 3. The molecule has 0 amide bonds. The Morgan fingerprint density at radius 2 is 2.04 bits per heavy atom. The lowest BCUT2D eigenvalue weighted by atomic mass is 10.1. The van der Waals surface area contributed by atoms with Crippen LogP contribution >= 0.6 is 0 Å². The predicted octanol–water partition coefficient (Wildman–Crippen LogP) is 3.22. The molecule has 0 aliphatic carbocycles. The molecule has 148 valence electrons. The van der Waals surface area contributed by atoms with E-state index in [2.05, 4.69) is 29.0 Å². The highest BCUT2D eigenvalue weighted by molar-refractivity contribution is 5.77. The number of fused-ring (bicyclic) bond motifs is 1. The van der Waals surface area contributed by atoms with Gasteiger partial charge in [0.25, 0.3) is 5.56 Å². The topological polar surface area (TPSA) is 50.2 Å². The van der Waals surface area contributed by atoms with Crippen LogP contribution in [0.25, 0.3) is 10.9 Å². The van der Waals surface area contributed by atoms with Crippen LogP contribution in [0.15, 0.2) is 16.9 Å². The number of halogens is 2. The van der Waals surface area contributed by atoms with Gasteiger partial charge < -0.3 is 5.32 Å². The summed E-state index contributed by atoms with van der Waals surface area (Å²) in [5.74, 6) is -1.35. The van der Waals surface area contributed by atoms with E-state index in [0.29, 0.717) is 18.4 Å². The van der Waals surface area contributed by atoms with Crippen LogP contribution in [0.2, 0.25) is 0 Å². The molecular weight excluding hydrogens is 350 g/mol. The Balaban J connectivity index is 2.16. The first kappa shape index (κ1) is 19.9. The van der Waals surface area contributed by atoms with Crippen molar-refractivity contribution in [3.63, 3.8) is 0 Å². The average molecular weight is 378 g/mol. The number of hydrogen-bond donors (Lipinski definition) is 1. The molecule has 3 rings (SSSR count). The van der Waals surface area contributed by atoms with Crippen molar-refractivity contribution in [2.45, 2.75) is 58.7 Å². The minimum atomic E-state index is -1.02. The minimum absolute atomic E-state index is 0.0254. The summed E-state index contributed by atoms with van der Waals surface area (Å²) in [4.78, 5) is 20.0. The highest BCUT2D eigenvalue weighted by Crippen LogP contribution is 2.27. The van der Waals surface area contributed by atoms with E-state index in [0.717, 1.165) is 51.0 Å². The van der Waals surface area contributed by atoms with Crippen molar-refractivity contribution in [2.24, 2.45) is 0 Å². The SMILES string of the molecule is CCC[C@H](c1nc2cc(F)c(F)cc2c(=O)n1CC)N1CCCN[C@@H](C)C1. The first-order chi connectivity index (χ1) is 13.0. The molecule has 1 aromatic carbocycles. The van der Waals surface area contributed by atoms with Crippen molar-refractivity contribution in [3.05, 3.63) is 39.9 Å². The Morgan fingerprint density at radius 1 is 1.30 bits per heavy atom. The lowest BCUT2D eigenvalue weighted by Crippen LogP contribution is -2.40. The van der Waals surface area contributed by atoms with E-state index in [-0.39, 0.29) is 22.5 Å². The van der Waals surface area contributed by atoms with Gasteiger partial charge in [-0.25, -0.2) is 13.8 Å². The molecule has 0 saturated carbocycles. The summed E-state index contributed by atoms with van der Waals surface area (Å²) in [6.45, 7) is 9.33. The van der Waals surface area contributed by atoms with E-state index in [1.807, 2.05) is 6.92 Å². The van der Waals surface area contributed by atoms with Crippen LogP contribution in [-0.4, -0.2) is 40.1 Å². The van der Waals surface area contributed by atoms with Crippen molar-refractivity contribution in [3.8, 4) is 0 Å². The van der Waals surface area contributed by atoms with Gasteiger partial charge in [0.1, 0.15) is 5.82 Å². The Hall–Kier alpha value is -1.86. The van der Waals surface area contributed by atoms with Crippen molar-refractivity contribution >= 4 is 10.9 Å². The number of rotatable bonds is 5. The number of aromatic nitrogens is 2. The zero-order chi connectivity index (χ0) is 19.6. The molecule has 1 aliphatic rings. The summed E-state index contributed by atoms with van der Waals surface area (Å²) >= 11 is 0. The fourth-order valence-corrected chi connectivity index (χ4v) is 3.96. The maximum absolute atomic E-state index is 13.8. The number of nitrogens with one attached hydrogen (secondary N) is 1. The quantitative estimate of drug-likeness (QED) is 0.868. The fourth-order valence-electron chi connectivity index (χ4n) is 3.96. The Kier molecular flexibility index (Phi) is 6.22. The van der Waals surface area contributed by atoms with Crippen LogP contribution in [0.3, 0.4) is 0 Å². The van der Waals surface area contributed by atoms with E-state index in [4.69, 9.17) is 0 Å². The van der Waals surface area contributed by atoms with Crippen molar-refractivity contribution < 1.29 is 8.78 Å². The van der Waals surface area contributed by atoms with Crippen LogP contribution in [0, 0.1) is 11.6 Å². The monoisotopic (exact) mass is 378 g/mol. The standard InChI is InChI=1S/C20H28F2N4O/c1-4-7-18(25-9-6-8-23-13(3)12-25)19-24-17-11-16(22)15(21)10-14(17)20(27)26(19)5-2/h10-11,13,18,23H,4-9,12H2,1-3H3/t13-,18+/m0/s1. The summed E-state index contributed by atoms with van der Waals surface area (Å²) in [6, 6.07) is 2.32. The molecule has 1 saturated heterocycles. The zero-order valence-corrected chi connectivity index (χ0v) is 16.3. The maximum Gasteiger partial charge on any atom is 0.261 e. The van der Waals surface area contributed by atoms with Gasteiger partial charge in [0.2, 0.25) is 0 Å². The molecular formula is C20H28F2N4O. The number of hydrogen-bond acceptors (Lipinski definition) is 4. The predicted molar refractivity (Wildman–Crippen MR) is 103 cm³/mol. The van der Waals surface area contributed by atoms with Gasteiger partial charge in [0, 0.05) is 31.7 Å². The van der Waals surface area contributed by atoms with Crippen molar-refractivity contribution in [1.29, 1.82) is 0 Å². The van der Waals surface area contributed by atoms with Gasteiger partial charge >= 0.3 is 0 Å². The minimum Gasteiger partial charge on any atom is -0.313 e. The molecule has 2 heterocycles. The summed E-state index contributed by atoms with van der Waals surface area (Å²) < 4.78 is 29.0. The van der Waals surface area contributed by atoms with Gasteiger partial charge in [-0.3, -0.25) is 14.3 Å². The van der Waals surface area contributed by atoms with Crippen molar-refractivity contribution in [1.82, 2.24) is 19.8 Å². The van der Waals surface area contributed by atoms with Gasteiger partial charge in [-0.05, 0) is 39.3 Å². The van der Waals surface area contributed by atoms with Gasteiger partial charge in [-0.15, -0.1) is 0 Å². The van der Waals surface area contributed by atoms with Crippen molar-refractivity contribution in [2.75, 3.05) is 19.6 Å². The Morgan fingerprint density at radius 3 is 2.74 bits per heavy atom. The smallest absolute Gasteiger partial charge is 0.261 e. The van der Waals surface area contributed by atoms with Crippen LogP contribution in [0.5, 0.6) is 0 Å². The van der Waals surface area contributed by atoms with Crippen LogP contribution in [0.4, 0.5) is 8.78 Å². The Bertz CT molecular complexity index is 867. The lowest BCUT2D eigenvalue weighted by Gasteiger charge is -2.32. The normalized spacial score (nSPS) is 20.0. The van der Waals surface area contributed by atoms with Crippen LogP contribution in [-0.2, 0) is 6.54 Å². The molecule has 2 aromatic rings. The maximum atomic E-state index is 13.8. The highest BCUT2D eigenvalue weighted by atomic mass is 19.2. The van der Waals surface area contributed by atoms with E-state index in [1.165, 1.54) is 0 Å². The molecule has 0 radical (unpaired) electrons. The fraction of sp³-hybridized carbons (Fsp3) is 0.600. The molecule has 0 bridgehead atoms. The second-order valence-corrected chi connectivity index (χ2v) is 7.31. The molecule has 1 N–H and O–H groups in total. The molecule has 7 heteroatoms. The van der Waals surface area contributed by atoms with E-state index in [9.17, 15) is 13.6 Å². The van der Waals surface area contributed by atoms with Gasteiger partial charge in [0.15, 0.2) is 11.6 Å². The van der Waals surface area contributed by atoms with Gasteiger partial charge in [-0.1, -0.05) is 13.3 Å². The third kappa shape index (κ3) is 4.04. The summed E-state index contributed by atoms with van der Waals surface area (Å²) in [6.07, 6.45) is 2.82. The molecule has 27 heavy (non-hydrogen) atoms. The molecule has 2 atom stereocenters. The second kappa shape index (κ2) is 8.44. The molecule has 1 aliphatic heterocycles. The second-order valence-electron chi connectivity index (χ2n) is 7.31. The zero-order valence-electron chi connectivity index (χ0n) is 16.3. The lowest BCUT2D eigenvalue weighted by molar-refractivity contribution is 0.174.